The number of hydrogen-bond donors (Lipinski definition) is 1. The smallest absolute Gasteiger partial charge is 0.266 e. The van der Waals surface area contributed by atoms with E-state index in [2.05, 4.69) is 10.2 Å². The van der Waals surface area contributed by atoms with Crippen molar-refractivity contribution in [3.63, 3.8) is 0 Å². The van der Waals surface area contributed by atoms with Crippen LogP contribution in [-0.4, -0.2) is 20.7 Å². The van der Waals surface area contributed by atoms with Gasteiger partial charge in [-0.3, -0.25) is 4.79 Å². The fourth-order valence-electron chi connectivity index (χ4n) is 1.57. The lowest BCUT2D eigenvalue weighted by molar-refractivity contribution is 0.0956. The van der Waals surface area contributed by atoms with Crippen LogP contribution in [0.5, 0.6) is 0 Å². The lowest BCUT2D eigenvalue weighted by Gasteiger charge is -2.06. The Hall–Kier alpha value is -2.17. The Labute approximate surface area is 92.9 Å². The standard InChI is InChI=1S/C11H12N4O/c1-7-13-14-8(2)15(7)11(16)9-5-3-4-6-10(9)12/h3-6H,12H2,1-2H3. The molecular formula is C11H12N4O. The molecule has 5 heteroatoms. The van der Waals surface area contributed by atoms with Crippen LogP contribution in [-0.2, 0) is 0 Å². The third-order valence-corrected chi connectivity index (χ3v) is 2.38. The number of benzene rings is 1. The first-order chi connectivity index (χ1) is 7.61. The van der Waals surface area contributed by atoms with Crippen molar-refractivity contribution in [2.75, 3.05) is 5.73 Å². The molecule has 2 N–H and O–H groups in total. The Bertz CT molecular complexity index is 525. The maximum Gasteiger partial charge on any atom is 0.266 e. The van der Waals surface area contributed by atoms with E-state index in [1.165, 1.54) is 4.57 Å². The monoisotopic (exact) mass is 216 g/mol. The first kappa shape index (κ1) is 10.4. The molecule has 0 saturated heterocycles. The van der Waals surface area contributed by atoms with Gasteiger partial charge in [0.05, 0.1) is 5.56 Å². The van der Waals surface area contributed by atoms with E-state index >= 15 is 0 Å². The van der Waals surface area contributed by atoms with E-state index in [1.54, 1.807) is 38.1 Å². The summed E-state index contributed by atoms with van der Waals surface area (Å²) < 4.78 is 1.45. The van der Waals surface area contributed by atoms with Crippen LogP contribution < -0.4 is 5.73 Å². The minimum absolute atomic E-state index is 0.196. The highest BCUT2D eigenvalue weighted by Crippen LogP contribution is 2.14. The van der Waals surface area contributed by atoms with Gasteiger partial charge in [0.2, 0.25) is 0 Å². The van der Waals surface area contributed by atoms with Crippen molar-refractivity contribution < 1.29 is 4.79 Å². The first-order valence-corrected chi connectivity index (χ1v) is 4.89. The van der Waals surface area contributed by atoms with Gasteiger partial charge in [-0.2, -0.15) is 0 Å². The van der Waals surface area contributed by atoms with Gasteiger partial charge in [0.25, 0.3) is 5.91 Å². The molecule has 1 aromatic heterocycles. The molecule has 16 heavy (non-hydrogen) atoms. The summed E-state index contributed by atoms with van der Waals surface area (Å²) in [4.78, 5) is 12.2. The van der Waals surface area contributed by atoms with Crippen molar-refractivity contribution in [1.82, 2.24) is 14.8 Å². The number of aromatic nitrogens is 3. The second-order valence-electron chi connectivity index (χ2n) is 3.52. The number of hydrogen-bond acceptors (Lipinski definition) is 4. The zero-order valence-corrected chi connectivity index (χ0v) is 9.14. The number of anilines is 1. The lowest BCUT2D eigenvalue weighted by atomic mass is 10.1. The van der Waals surface area contributed by atoms with E-state index in [1.807, 2.05) is 0 Å². The molecule has 0 radical (unpaired) electrons. The molecule has 0 aliphatic carbocycles. The van der Waals surface area contributed by atoms with E-state index in [4.69, 9.17) is 5.73 Å². The van der Waals surface area contributed by atoms with Crippen LogP contribution >= 0.6 is 0 Å². The molecule has 2 aromatic rings. The fraction of sp³-hybridized carbons (Fsp3) is 0.182. The summed E-state index contributed by atoms with van der Waals surface area (Å²) in [6, 6.07) is 6.95. The normalized spacial score (nSPS) is 10.4. The minimum atomic E-state index is -0.196. The Morgan fingerprint density at radius 2 is 1.75 bits per heavy atom. The summed E-state index contributed by atoms with van der Waals surface area (Å²) in [5, 5.41) is 7.69. The highest BCUT2D eigenvalue weighted by atomic mass is 16.2. The average molecular weight is 216 g/mol. The molecule has 5 nitrogen and oxygen atoms in total. The SMILES string of the molecule is Cc1nnc(C)n1C(=O)c1ccccc1N. The number of carbonyl (C=O) groups is 1. The van der Waals surface area contributed by atoms with Crippen LogP contribution in [0.4, 0.5) is 5.69 Å². The molecule has 2 rings (SSSR count). The third kappa shape index (κ3) is 1.56. The van der Waals surface area contributed by atoms with Gasteiger partial charge in [0.1, 0.15) is 11.6 Å². The number of carbonyl (C=O) groups excluding carboxylic acids is 1. The predicted molar refractivity (Wildman–Crippen MR) is 60.1 cm³/mol. The Kier molecular flexibility index (Phi) is 2.44. The van der Waals surface area contributed by atoms with Crippen molar-refractivity contribution in [3.8, 4) is 0 Å². The molecule has 1 heterocycles. The zero-order chi connectivity index (χ0) is 11.7. The van der Waals surface area contributed by atoms with Crippen molar-refractivity contribution in [2.24, 2.45) is 0 Å². The maximum atomic E-state index is 12.2. The molecule has 0 spiro atoms. The fourth-order valence-corrected chi connectivity index (χ4v) is 1.57. The molecule has 0 aliphatic heterocycles. The van der Waals surface area contributed by atoms with E-state index in [-0.39, 0.29) is 5.91 Å². The quantitative estimate of drug-likeness (QED) is 0.726. The van der Waals surface area contributed by atoms with Crippen LogP contribution in [0.25, 0.3) is 0 Å². The molecule has 0 unspecified atom stereocenters. The van der Waals surface area contributed by atoms with Gasteiger partial charge in [-0.1, -0.05) is 12.1 Å². The molecule has 0 atom stereocenters. The zero-order valence-electron chi connectivity index (χ0n) is 9.14. The Morgan fingerprint density at radius 1 is 1.19 bits per heavy atom. The van der Waals surface area contributed by atoms with Crippen LogP contribution in [0.1, 0.15) is 22.0 Å². The second kappa shape index (κ2) is 3.77. The van der Waals surface area contributed by atoms with Crippen LogP contribution in [0, 0.1) is 13.8 Å². The number of nitrogen functional groups attached to an aromatic ring is 1. The maximum absolute atomic E-state index is 12.2. The third-order valence-electron chi connectivity index (χ3n) is 2.38. The van der Waals surface area contributed by atoms with Crippen LogP contribution in [0.3, 0.4) is 0 Å². The lowest BCUT2D eigenvalue weighted by Crippen LogP contribution is -2.16. The topological polar surface area (TPSA) is 73.8 Å². The van der Waals surface area contributed by atoms with Gasteiger partial charge in [0.15, 0.2) is 0 Å². The highest BCUT2D eigenvalue weighted by Gasteiger charge is 2.16. The molecule has 1 aromatic carbocycles. The van der Waals surface area contributed by atoms with Gasteiger partial charge in [-0.15, -0.1) is 10.2 Å². The van der Waals surface area contributed by atoms with Crippen molar-refractivity contribution in [3.05, 3.63) is 41.5 Å². The van der Waals surface area contributed by atoms with E-state index < -0.39 is 0 Å². The minimum Gasteiger partial charge on any atom is -0.398 e. The summed E-state index contributed by atoms with van der Waals surface area (Å²) in [5.41, 5.74) is 6.68. The summed E-state index contributed by atoms with van der Waals surface area (Å²) in [6.45, 7) is 3.47. The number of nitrogens with zero attached hydrogens (tertiary/aromatic N) is 3. The number of rotatable bonds is 1. The Balaban J connectivity index is 2.52. The molecular weight excluding hydrogens is 204 g/mol. The van der Waals surface area contributed by atoms with Gasteiger partial charge in [-0.25, -0.2) is 4.57 Å². The van der Waals surface area contributed by atoms with Gasteiger partial charge in [0, 0.05) is 5.69 Å². The van der Waals surface area contributed by atoms with Crippen molar-refractivity contribution in [1.29, 1.82) is 0 Å². The Morgan fingerprint density at radius 3 is 2.31 bits per heavy atom. The molecule has 0 amide bonds. The molecule has 0 fully saturated rings. The average Bonchev–Trinajstić information content (AvgIpc) is 2.58. The molecule has 0 aliphatic rings. The summed E-state index contributed by atoms with van der Waals surface area (Å²) >= 11 is 0. The van der Waals surface area contributed by atoms with Crippen molar-refractivity contribution in [2.45, 2.75) is 13.8 Å². The van der Waals surface area contributed by atoms with Gasteiger partial charge < -0.3 is 5.73 Å². The van der Waals surface area contributed by atoms with Gasteiger partial charge >= 0.3 is 0 Å². The van der Waals surface area contributed by atoms with E-state index in [9.17, 15) is 4.79 Å². The summed E-state index contributed by atoms with van der Waals surface area (Å²) in [5.74, 6) is 0.926. The van der Waals surface area contributed by atoms with Gasteiger partial charge in [-0.05, 0) is 26.0 Å². The number of para-hydroxylation sites is 1. The number of nitrogens with two attached hydrogens (primary N) is 1. The molecule has 0 saturated carbocycles. The molecule has 82 valence electrons. The number of aryl methyl sites for hydroxylation is 2. The summed E-state index contributed by atoms with van der Waals surface area (Å²) in [7, 11) is 0. The summed E-state index contributed by atoms with van der Waals surface area (Å²) in [6.07, 6.45) is 0. The largest absolute Gasteiger partial charge is 0.398 e. The predicted octanol–water partition coefficient (Wildman–Crippen LogP) is 1.17. The van der Waals surface area contributed by atoms with E-state index in [0.717, 1.165) is 0 Å². The van der Waals surface area contributed by atoms with Crippen LogP contribution in [0.15, 0.2) is 24.3 Å². The molecule has 0 bridgehead atoms. The van der Waals surface area contributed by atoms with Crippen LogP contribution in [0.2, 0.25) is 0 Å². The van der Waals surface area contributed by atoms with Crippen molar-refractivity contribution >= 4 is 11.6 Å². The first-order valence-electron chi connectivity index (χ1n) is 4.89. The van der Waals surface area contributed by atoms with E-state index in [0.29, 0.717) is 22.9 Å². The highest BCUT2D eigenvalue weighted by molar-refractivity contribution is 6.01. The second-order valence-corrected chi connectivity index (χ2v) is 3.52.